The predicted octanol–water partition coefficient (Wildman–Crippen LogP) is 3.75. The Labute approximate surface area is 159 Å². The average Bonchev–Trinajstić information content (AvgIpc) is 3.01. The van der Waals surface area contributed by atoms with Gasteiger partial charge in [-0.15, -0.1) is 11.3 Å². The standard InChI is InChI=1S/C20H25N3O2S/c1-20(2,3)25-19(24)21-13-18-22-17(14-26-18)16-10-8-15(9-11-16)7-6-12-23(4)5/h8-11,14H,12-13H2,1-5H3,(H,21,24). The molecule has 0 spiro atoms. The third-order valence-corrected chi connectivity index (χ3v) is 3.99. The van der Waals surface area contributed by atoms with Crippen molar-refractivity contribution in [1.29, 1.82) is 0 Å². The van der Waals surface area contributed by atoms with Gasteiger partial charge in [-0.3, -0.25) is 4.90 Å². The van der Waals surface area contributed by atoms with Crippen LogP contribution in [0, 0.1) is 11.8 Å². The Morgan fingerprint density at radius 3 is 2.58 bits per heavy atom. The van der Waals surface area contributed by atoms with Gasteiger partial charge in [-0.05, 0) is 47.0 Å². The summed E-state index contributed by atoms with van der Waals surface area (Å²) < 4.78 is 5.22. The van der Waals surface area contributed by atoms with Crippen LogP contribution < -0.4 is 5.32 Å². The zero-order chi connectivity index (χ0) is 19.2. The number of rotatable bonds is 4. The first-order valence-electron chi connectivity index (χ1n) is 8.38. The lowest BCUT2D eigenvalue weighted by molar-refractivity contribution is 0.0523. The van der Waals surface area contributed by atoms with Crippen molar-refractivity contribution in [2.24, 2.45) is 0 Å². The fourth-order valence-corrected chi connectivity index (χ4v) is 2.75. The predicted molar refractivity (Wildman–Crippen MR) is 106 cm³/mol. The molecule has 138 valence electrons. The lowest BCUT2D eigenvalue weighted by atomic mass is 10.1. The molecule has 0 aliphatic carbocycles. The molecule has 0 saturated heterocycles. The second kappa shape index (κ2) is 8.84. The van der Waals surface area contributed by atoms with Gasteiger partial charge in [-0.25, -0.2) is 9.78 Å². The Morgan fingerprint density at radius 1 is 1.27 bits per heavy atom. The minimum atomic E-state index is -0.505. The van der Waals surface area contributed by atoms with Crippen LogP contribution in [-0.4, -0.2) is 42.2 Å². The summed E-state index contributed by atoms with van der Waals surface area (Å²) in [7, 11) is 3.99. The van der Waals surface area contributed by atoms with Crippen molar-refractivity contribution >= 4 is 17.4 Å². The molecule has 5 nitrogen and oxygen atoms in total. The molecule has 2 rings (SSSR count). The van der Waals surface area contributed by atoms with Gasteiger partial charge in [0.05, 0.1) is 18.8 Å². The summed E-state index contributed by atoms with van der Waals surface area (Å²) in [6.45, 7) is 6.60. The van der Waals surface area contributed by atoms with Crippen molar-refractivity contribution in [2.45, 2.75) is 32.9 Å². The average molecular weight is 372 g/mol. The van der Waals surface area contributed by atoms with Gasteiger partial charge in [0.25, 0.3) is 0 Å². The number of ether oxygens (including phenoxy) is 1. The molecule has 26 heavy (non-hydrogen) atoms. The molecule has 1 aromatic carbocycles. The summed E-state index contributed by atoms with van der Waals surface area (Å²) in [6, 6.07) is 8.02. The number of nitrogens with zero attached hydrogens (tertiary/aromatic N) is 2. The number of aromatic nitrogens is 1. The van der Waals surface area contributed by atoms with E-state index in [9.17, 15) is 4.79 Å². The highest BCUT2D eigenvalue weighted by molar-refractivity contribution is 7.09. The third kappa shape index (κ3) is 6.87. The molecule has 0 atom stereocenters. The van der Waals surface area contributed by atoms with Gasteiger partial charge in [0, 0.05) is 16.5 Å². The van der Waals surface area contributed by atoms with Crippen molar-refractivity contribution in [3.63, 3.8) is 0 Å². The maximum Gasteiger partial charge on any atom is 0.408 e. The van der Waals surface area contributed by atoms with E-state index in [1.165, 1.54) is 11.3 Å². The van der Waals surface area contributed by atoms with Gasteiger partial charge in [0.1, 0.15) is 10.6 Å². The lowest BCUT2D eigenvalue weighted by Crippen LogP contribution is -2.32. The number of hydrogen-bond donors (Lipinski definition) is 1. The lowest BCUT2D eigenvalue weighted by Gasteiger charge is -2.19. The maximum atomic E-state index is 11.7. The van der Waals surface area contributed by atoms with Gasteiger partial charge in [0.15, 0.2) is 0 Å². The number of alkyl carbamates (subject to hydrolysis) is 1. The molecular weight excluding hydrogens is 346 g/mol. The second-order valence-corrected chi connectivity index (χ2v) is 8.04. The minimum absolute atomic E-state index is 0.355. The van der Waals surface area contributed by atoms with E-state index in [1.807, 2.05) is 69.4 Å². The van der Waals surface area contributed by atoms with Crippen LogP contribution in [0.4, 0.5) is 4.79 Å². The quantitative estimate of drug-likeness (QED) is 0.832. The Balaban J connectivity index is 1.94. The zero-order valence-corrected chi connectivity index (χ0v) is 16.7. The van der Waals surface area contributed by atoms with Crippen molar-refractivity contribution in [2.75, 3.05) is 20.6 Å². The first-order chi connectivity index (χ1) is 12.2. The number of hydrogen-bond acceptors (Lipinski definition) is 5. The van der Waals surface area contributed by atoms with Crippen molar-refractivity contribution in [3.05, 3.63) is 40.2 Å². The molecule has 0 fully saturated rings. The number of carbonyl (C=O) groups excluding carboxylic acids is 1. The Bertz CT molecular complexity index is 793. The van der Waals surface area contributed by atoms with E-state index in [0.717, 1.165) is 28.4 Å². The van der Waals surface area contributed by atoms with E-state index in [2.05, 4.69) is 22.1 Å². The normalized spacial score (nSPS) is 11.0. The summed E-state index contributed by atoms with van der Waals surface area (Å²) in [4.78, 5) is 18.3. The number of nitrogens with one attached hydrogen (secondary N) is 1. The smallest absolute Gasteiger partial charge is 0.408 e. The maximum absolute atomic E-state index is 11.7. The molecule has 1 aromatic heterocycles. The molecule has 0 unspecified atom stereocenters. The van der Waals surface area contributed by atoms with Crippen molar-refractivity contribution in [3.8, 4) is 23.1 Å². The highest BCUT2D eigenvalue weighted by Crippen LogP contribution is 2.22. The number of amides is 1. The van der Waals surface area contributed by atoms with Crippen molar-refractivity contribution < 1.29 is 9.53 Å². The number of thiazole rings is 1. The summed E-state index contributed by atoms with van der Waals surface area (Å²) in [5.74, 6) is 6.26. The zero-order valence-electron chi connectivity index (χ0n) is 15.9. The van der Waals surface area contributed by atoms with Crippen LogP contribution in [0.25, 0.3) is 11.3 Å². The van der Waals surface area contributed by atoms with Crippen LogP contribution in [-0.2, 0) is 11.3 Å². The summed E-state index contributed by atoms with van der Waals surface area (Å²) in [6.07, 6.45) is -0.435. The van der Waals surface area contributed by atoms with Gasteiger partial charge in [0.2, 0.25) is 0 Å². The highest BCUT2D eigenvalue weighted by Gasteiger charge is 2.16. The molecule has 0 aliphatic rings. The van der Waals surface area contributed by atoms with Gasteiger partial charge >= 0.3 is 6.09 Å². The molecule has 1 heterocycles. The Hall–Kier alpha value is -2.36. The Morgan fingerprint density at radius 2 is 1.96 bits per heavy atom. The van der Waals surface area contributed by atoms with Crippen molar-refractivity contribution in [1.82, 2.24) is 15.2 Å². The fraction of sp³-hybridized carbons (Fsp3) is 0.400. The van der Waals surface area contributed by atoms with Crippen LogP contribution >= 0.6 is 11.3 Å². The van der Waals surface area contributed by atoms with Crippen LogP contribution in [0.1, 0.15) is 31.3 Å². The van der Waals surface area contributed by atoms with Crippen LogP contribution in [0.3, 0.4) is 0 Å². The molecule has 6 heteroatoms. The molecule has 1 amide bonds. The van der Waals surface area contributed by atoms with Gasteiger partial charge in [-0.2, -0.15) is 0 Å². The van der Waals surface area contributed by atoms with Gasteiger partial charge < -0.3 is 10.1 Å². The molecule has 0 aliphatic heterocycles. The minimum Gasteiger partial charge on any atom is -0.444 e. The fourth-order valence-electron chi connectivity index (χ4n) is 2.01. The third-order valence-electron chi connectivity index (χ3n) is 3.14. The van der Waals surface area contributed by atoms with E-state index < -0.39 is 11.7 Å². The second-order valence-electron chi connectivity index (χ2n) is 7.10. The molecule has 0 bridgehead atoms. The first-order valence-corrected chi connectivity index (χ1v) is 9.26. The molecule has 1 N–H and O–H groups in total. The number of carbonyl (C=O) groups is 1. The number of benzene rings is 1. The first kappa shape index (κ1) is 20.0. The summed E-state index contributed by atoms with van der Waals surface area (Å²) in [5, 5.41) is 5.55. The largest absolute Gasteiger partial charge is 0.444 e. The van der Waals surface area contributed by atoms with E-state index in [1.54, 1.807) is 0 Å². The van der Waals surface area contributed by atoms with E-state index in [-0.39, 0.29) is 0 Å². The van der Waals surface area contributed by atoms with E-state index in [4.69, 9.17) is 4.74 Å². The van der Waals surface area contributed by atoms with E-state index in [0.29, 0.717) is 6.54 Å². The molecular formula is C20H25N3O2S. The topological polar surface area (TPSA) is 54.5 Å². The van der Waals surface area contributed by atoms with E-state index >= 15 is 0 Å². The monoisotopic (exact) mass is 371 g/mol. The van der Waals surface area contributed by atoms with Crippen LogP contribution in [0.15, 0.2) is 29.6 Å². The summed E-state index contributed by atoms with van der Waals surface area (Å²) >= 11 is 1.51. The summed E-state index contributed by atoms with van der Waals surface area (Å²) in [5.41, 5.74) is 2.40. The molecule has 0 radical (unpaired) electrons. The Kier molecular flexibility index (Phi) is 6.78. The SMILES string of the molecule is CN(C)CC#Cc1ccc(-c2csc(CNC(=O)OC(C)(C)C)n2)cc1. The van der Waals surface area contributed by atoms with Gasteiger partial charge in [-0.1, -0.05) is 24.0 Å². The van der Waals surface area contributed by atoms with Crippen LogP contribution in [0.2, 0.25) is 0 Å². The highest BCUT2D eigenvalue weighted by atomic mass is 32.1. The molecule has 2 aromatic rings. The van der Waals surface area contributed by atoms with Crippen LogP contribution in [0.5, 0.6) is 0 Å². The molecule has 0 saturated carbocycles.